The van der Waals surface area contributed by atoms with E-state index in [4.69, 9.17) is 21.7 Å². The zero-order valence-corrected chi connectivity index (χ0v) is 17.4. The second-order valence-electron chi connectivity index (χ2n) is 7.04. The van der Waals surface area contributed by atoms with Crippen molar-refractivity contribution in [3.8, 4) is 11.5 Å². The lowest BCUT2D eigenvalue weighted by molar-refractivity contribution is 0.293. The third-order valence-electron chi connectivity index (χ3n) is 4.78. The minimum atomic E-state index is 0.537. The van der Waals surface area contributed by atoms with Crippen LogP contribution in [0.2, 0.25) is 0 Å². The van der Waals surface area contributed by atoms with Crippen LogP contribution in [0.4, 0.5) is 0 Å². The topological polar surface area (TPSA) is 33.7 Å². The van der Waals surface area contributed by atoms with Gasteiger partial charge in [-0.15, -0.1) is 0 Å². The highest BCUT2D eigenvalue weighted by atomic mass is 32.1. The predicted molar refractivity (Wildman–Crippen MR) is 112 cm³/mol. The second kappa shape index (κ2) is 11.3. The summed E-state index contributed by atoms with van der Waals surface area (Å²) in [5.74, 6) is 1.60. The SMILES string of the molecule is CCCOc1ccc(CN(CCC)C(=S)NC2CCCCC2)cc1OC. The number of hydrogen-bond acceptors (Lipinski definition) is 3. The van der Waals surface area contributed by atoms with Crippen molar-refractivity contribution in [1.82, 2.24) is 10.2 Å². The molecule has 2 rings (SSSR count). The third kappa shape index (κ3) is 6.35. The molecule has 1 aromatic carbocycles. The van der Waals surface area contributed by atoms with Crippen molar-refractivity contribution in [2.75, 3.05) is 20.3 Å². The third-order valence-corrected chi connectivity index (χ3v) is 5.15. The Hall–Kier alpha value is -1.49. The summed E-state index contributed by atoms with van der Waals surface area (Å²) < 4.78 is 11.3. The summed E-state index contributed by atoms with van der Waals surface area (Å²) in [4.78, 5) is 2.27. The number of nitrogens with zero attached hydrogens (tertiary/aromatic N) is 1. The molecule has 146 valence electrons. The molecular weight excluding hydrogens is 344 g/mol. The van der Waals surface area contributed by atoms with Crippen LogP contribution in [0, 0.1) is 0 Å². The largest absolute Gasteiger partial charge is 0.493 e. The Morgan fingerprint density at radius 2 is 1.92 bits per heavy atom. The van der Waals surface area contributed by atoms with Gasteiger partial charge in [-0.1, -0.05) is 39.2 Å². The van der Waals surface area contributed by atoms with Crippen molar-refractivity contribution in [2.24, 2.45) is 0 Å². The number of rotatable bonds is 9. The Labute approximate surface area is 164 Å². The monoisotopic (exact) mass is 378 g/mol. The van der Waals surface area contributed by atoms with Gasteiger partial charge >= 0.3 is 0 Å². The molecule has 0 radical (unpaired) electrons. The molecule has 1 N–H and O–H groups in total. The molecule has 1 aliphatic carbocycles. The Balaban J connectivity index is 2.02. The highest BCUT2D eigenvalue weighted by Crippen LogP contribution is 2.29. The zero-order valence-electron chi connectivity index (χ0n) is 16.6. The molecule has 26 heavy (non-hydrogen) atoms. The molecule has 0 spiro atoms. The second-order valence-corrected chi connectivity index (χ2v) is 7.43. The van der Waals surface area contributed by atoms with Gasteiger partial charge in [0.1, 0.15) is 0 Å². The zero-order chi connectivity index (χ0) is 18.8. The van der Waals surface area contributed by atoms with E-state index in [1.54, 1.807) is 7.11 Å². The van der Waals surface area contributed by atoms with Crippen molar-refractivity contribution in [2.45, 2.75) is 71.4 Å². The van der Waals surface area contributed by atoms with Crippen LogP contribution in [0.3, 0.4) is 0 Å². The summed E-state index contributed by atoms with van der Waals surface area (Å²) in [6, 6.07) is 6.72. The van der Waals surface area contributed by atoms with E-state index >= 15 is 0 Å². The van der Waals surface area contributed by atoms with Gasteiger partial charge in [0.15, 0.2) is 16.6 Å². The first-order chi connectivity index (χ1) is 12.7. The minimum Gasteiger partial charge on any atom is -0.493 e. The van der Waals surface area contributed by atoms with Gasteiger partial charge in [0.05, 0.1) is 13.7 Å². The van der Waals surface area contributed by atoms with Crippen LogP contribution >= 0.6 is 12.2 Å². The molecule has 1 aliphatic rings. The average molecular weight is 379 g/mol. The van der Waals surface area contributed by atoms with Gasteiger partial charge in [-0.2, -0.15) is 0 Å². The average Bonchev–Trinajstić information content (AvgIpc) is 2.67. The van der Waals surface area contributed by atoms with E-state index in [9.17, 15) is 0 Å². The molecule has 0 unspecified atom stereocenters. The molecule has 0 amide bonds. The summed E-state index contributed by atoms with van der Waals surface area (Å²) in [7, 11) is 1.69. The van der Waals surface area contributed by atoms with Gasteiger partial charge in [0.25, 0.3) is 0 Å². The molecule has 1 fully saturated rings. The maximum Gasteiger partial charge on any atom is 0.169 e. The first-order valence-corrected chi connectivity index (χ1v) is 10.4. The quantitative estimate of drug-likeness (QED) is 0.618. The molecule has 0 saturated heterocycles. The number of benzene rings is 1. The highest BCUT2D eigenvalue weighted by molar-refractivity contribution is 7.80. The van der Waals surface area contributed by atoms with E-state index in [2.05, 4.69) is 36.2 Å². The van der Waals surface area contributed by atoms with Gasteiger partial charge < -0.3 is 19.7 Å². The maximum atomic E-state index is 5.76. The number of methoxy groups -OCH3 is 1. The Kier molecular flexibility index (Phi) is 9.02. The summed E-state index contributed by atoms with van der Waals surface area (Å²) >= 11 is 5.72. The van der Waals surface area contributed by atoms with Crippen LogP contribution in [0.15, 0.2) is 18.2 Å². The standard InChI is InChI=1S/C21H34N2O2S/c1-4-13-23(21(26)22-18-9-7-6-8-10-18)16-17-11-12-19(25-14-5-2)20(15-17)24-3/h11-12,15,18H,4-10,13-14,16H2,1-3H3,(H,22,26). The smallest absolute Gasteiger partial charge is 0.169 e. The van der Waals surface area contributed by atoms with E-state index in [0.717, 1.165) is 42.5 Å². The van der Waals surface area contributed by atoms with Crippen LogP contribution in [0.1, 0.15) is 64.4 Å². The van der Waals surface area contributed by atoms with E-state index in [-0.39, 0.29) is 0 Å². The predicted octanol–water partition coefficient (Wildman–Crippen LogP) is 4.90. The molecule has 0 aromatic heterocycles. The number of thiocarbonyl (C=S) groups is 1. The van der Waals surface area contributed by atoms with Gasteiger partial charge in [-0.25, -0.2) is 0 Å². The van der Waals surface area contributed by atoms with Crippen molar-refractivity contribution < 1.29 is 9.47 Å². The summed E-state index contributed by atoms with van der Waals surface area (Å²) in [5.41, 5.74) is 1.19. The number of hydrogen-bond donors (Lipinski definition) is 1. The van der Waals surface area contributed by atoms with Crippen molar-refractivity contribution in [1.29, 1.82) is 0 Å². The molecule has 5 heteroatoms. The van der Waals surface area contributed by atoms with E-state index in [1.165, 1.54) is 37.7 Å². The Bertz CT molecular complexity index is 559. The van der Waals surface area contributed by atoms with Crippen LogP contribution in [-0.2, 0) is 6.54 Å². The van der Waals surface area contributed by atoms with Gasteiger partial charge in [0.2, 0.25) is 0 Å². The summed E-state index contributed by atoms with van der Waals surface area (Å²) in [6.45, 7) is 6.74. The van der Waals surface area contributed by atoms with Crippen LogP contribution in [0.5, 0.6) is 11.5 Å². The van der Waals surface area contributed by atoms with Gasteiger partial charge in [-0.3, -0.25) is 0 Å². The number of ether oxygens (including phenoxy) is 2. The summed E-state index contributed by atoms with van der Waals surface area (Å²) in [6.07, 6.45) is 8.50. The van der Waals surface area contributed by atoms with Crippen molar-refractivity contribution in [3.63, 3.8) is 0 Å². The fourth-order valence-electron chi connectivity index (χ4n) is 3.40. The molecule has 0 bridgehead atoms. The highest BCUT2D eigenvalue weighted by Gasteiger charge is 2.18. The maximum absolute atomic E-state index is 5.76. The summed E-state index contributed by atoms with van der Waals surface area (Å²) in [5, 5.41) is 4.47. The minimum absolute atomic E-state index is 0.537. The Morgan fingerprint density at radius 3 is 2.58 bits per heavy atom. The van der Waals surface area contributed by atoms with Crippen molar-refractivity contribution in [3.05, 3.63) is 23.8 Å². The first-order valence-electron chi connectivity index (χ1n) is 10.0. The lowest BCUT2D eigenvalue weighted by Gasteiger charge is -2.31. The van der Waals surface area contributed by atoms with E-state index < -0.39 is 0 Å². The normalized spacial score (nSPS) is 14.7. The van der Waals surface area contributed by atoms with Crippen molar-refractivity contribution >= 4 is 17.3 Å². The van der Waals surface area contributed by atoms with E-state index in [0.29, 0.717) is 12.6 Å². The first kappa shape index (κ1) is 20.8. The molecule has 1 aromatic rings. The molecule has 0 aliphatic heterocycles. The molecule has 0 heterocycles. The van der Waals surface area contributed by atoms with Crippen LogP contribution in [0.25, 0.3) is 0 Å². The molecular formula is C21H34N2O2S. The van der Waals surface area contributed by atoms with E-state index in [1.807, 2.05) is 6.07 Å². The Morgan fingerprint density at radius 1 is 1.15 bits per heavy atom. The fraction of sp³-hybridized carbons (Fsp3) is 0.667. The number of nitrogens with one attached hydrogen (secondary N) is 1. The van der Waals surface area contributed by atoms with Gasteiger partial charge in [-0.05, 0) is 55.6 Å². The van der Waals surface area contributed by atoms with Gasteiger partial charge in [0, 0.05) is 19.1 Å². The molecule has 4 nitrogen and oxygen atoms in total. The lowest BCUT2D eigenvalue weighted by Crippen LogP contribution is -2.45. The lowest BCUT2D eigenvalue weighted by atomic mass is 9.96. The molecule has 1 saturated carbocycles. The fourth-order valence-corrected chi connectivity index (χ4v) is 3.72. The van der Waals surface area contributed by atoms with Crippen LogP contribution in [-0.4, -0.2) is 36.3 Å². The van der Waals surface area contributed by atoms with Crippen LogP contribution < -0.4 is 14.8 Å². The molecule has 0 atom stereocenters.